The van der Waals surface area contributed by atoms with E-state index in [0.717, 1.165) is 76.5 Å². The van der Waals surface area contributed by atoms with Crippen LogP contribution in [0.2, 0.25) is 0 Å². The smallest absolute Gasteiger partial charge is 0.226 e. The Bertz CT molecular complexity index is 690. The van der Waals surface area contributed by atoms with Crippen LogP contribution in [-0.2, 0) is 22.4 Å². The van der Waals surface area contributed by atoms with Crippen molar-refractivity contribution in [2.75, 3.05) is 44.2 Å². The van der Waals surface area contributed by atoms with Gasteiger partial charge in [0.2, 0.25) is 11.8 Å². The van der Waals surface area contributed by atoms with E-state index in [4.69, 9.17) is 4.98 Å². The van der Waals surface area contributed by atoms with E-state index in [1.54, 1.807) is 11.3 Å². The van der Waals surface area contributed by atoms with E-state index in [1.807, 2.05) is 11.8 Å². The molecule has 27 heavy (non-hydrogen) atoms. The number of amides is 2. The molecule has 1 aromatic rings. The molecule has 0 spiro atoms. The number of fused-ring (bicyclic) bond motifs is 1. The highest BCUT2D eigenvalue weighted by molar-refractivity contribution is 7.15. The molecule has 2 amide bonds. The van der Waals surface area contributed by atoms with Crippen molar-refractivity contribution in [3.63, 3.8) is 0 Å². The van der Waals surface area contributed by atoms with Gasteiger partial charge in [0.1, 0.15) is 0 Å². The number of nitrogens with zero attached hydrogens (tertiary/aromatic N) is 4. The van der Waals surface area contributed by atoms with E-state index < -0.39 is 0 Å². The van der Waals surface area contributed by atoms with Crippen molar-refractivity contribution in [2.45, 2.75) is 51.9 Å². The lowest BCUT2D eigenvalue weighted by atomic mass is 9.89. The molecule has 3 heterocycles. The second kappa shape index (κ2) is 8.17. The monoisotopic (exact) mass is 390 g/mol. The zero-order valence-electron chi connectivity index (χ0n) is 16.3. The van der Waals surface area contributed by atoms with Crippen LogP contribution in [0, 0.1) is 5.92 Å². The van der Waals surface area contributed by atoms with Gasteiger partial charge in [-0.25, -0.2) is 4.98 Å². The van der Waals surface area contributed by atoms with Gasteiger partial charge in [0, 0.05) is 56.5 Å². The number of hydrogen-bond donors (Lipinski definition) is 0. The molecule has 1 unspecified atom stereocenters. The van der Waals surface area contributed by atoms with Crippen LogP contribution in [0.15, 0.2) is 0 Å². The van der Waals surface area contributed by atoms with Crippen LogP contribution < -0.4 is 4.90 Å². The molecule has 1 aromatic heterocycles. The summed E-state index contributed by atoms with van der Waals surface area (Å²) < 4.78 is 0. The Morgan fingerprint density at radius 3 is 2.48 bits per heavy atom. The molecule has 6 nitrogen and oxygen atoms in total. The fourth-order valence-corrected chi connectivity index (χ4v) is 5.69. The molecule has 148 valence electrons. The van der Waals surface area contributed by atoms with E-state index in [2.05, 4.69) is 9.80 Å². The number of carbonyl (C=O) groups is 2. The number of anilines is 1. The third-order valence-corrected chi connectivity index (χ3v) is 7.33. The fourth-order valence-electron chi connectivity index (χ4n) is 4.45. The highest BCUT2D eigenvalue weighted by Crippen LogP contribution is 2.35. The molecular formula is C20H30N4O2S. The Balaban J connectivity index is 1.37. The van der Waals surface area contributed by atoms with Crippen molar-refractivity contribution >= 4 is 28.3 Å². The van der Waals surface area contributed by atoms with Gasteiger partial charge in [0.25, 0.3) is 0 Å². The number of carbonyl (C=O) groups excluding carboxylic acids is 2. The minimum Gasteiger partial charge on any atom is -0.345 e. The van der Waals surface area contributed by atoms with Crippen molar-refractivity contribution in [3.05, 3.63) is 10.6 Å². The first-order chi connectivity index (χ1) is 13.2. The van der Waals surface area contributed by atoms with Gasteiger partial charge in [-0.15, -0.1) is 11.3 Å². The zero-order valence-corrected chi connectivity index (χ0v) is 17.1. The van der Waals surface area contributed by atoms with Crippen molar-refractivity contribution in [1.29, 1.82) is 0 Å². The molecule has 7 heteroatoms. The molecule has 1 atom stereocenters. The average molecular weight is 391 g/mol. The number of aryl methyl sites for hydroxylation is 1. The molecule has 0 radical (unpaired) electrons. The molecule has 3 aliphatic rings. The van der Waals surface area contributed by atoms with Crippen molar-refractivity contribution in [3.8, 4) is 0 Å². The van der Waals surface area contributed by atoms with Crippen LogP contribution in [0.3, 0.4) is 0 Å². The van der Waals surface area contributed by atoms with Gasteiger partial charge in [-0.3, -0.25) is 9.59 Å². The highest BCUT2D eigenvalue weighted by Gasteiger charge is 2.32. The number of likely N-dealkylation sites (tertiary alicyclic amines) is 1. The van der Waals surface area contributed by atoms with Crippen molar-refractivity contribution in [2.24, 2.45) is 5.92 Å². The summed E-state index contributed by atoms with van der Waals surface area (Å²) in [6.45, 7) is 7.08. The Kier molecular flexibility index (Phi) is 5.66. The van der Waals surface area contributed by atoms with E-state index in [9.17, 15) is 9.59 Å². The second-order valence-corrected chi connectivity index (χ2v) is 8.98. The minimum atomic E-state index is 0.142. The summed E-state index contributed by atoms with van der Waals surface area (Å²) in [5.41, 5.74) is 1.20. The van der Waals surface area contributed by atoms with Crippen LogP contribution in [0.5, 0.6) is 0 Å². The number of aromatic nitrogens is 1. The Hall–Kier alpha value is -1.63. The van der Waals surface area contributed by atoms with Crippen molar-refractivity contribution < 1.29 is 9.59 Å². The van der Waals surface area contributed by atoms with Crippen LogP contribution in [-0.4, -0.2) is 65.9 Å². The first-order valence-corrected chi connectivity index (χ1v) is 11.3. The van der Waals surface area contributed by atoms with Gasteiger partial charge in [0.15, 0.2) is 5.13 Å². The summed E-state index contributed by atoms with van der Waals surface area (Å²) in [6, 6.07) is 0. The fraction of sp³-hybridized carbons (Fsp3) is 0.750. The predicted molar refractivity (Wildman–Crippen MR) is 107 cm³/mol. The van der Waals surface area contributed by atoms with Crippen molar-refractivity contribution in [1.82, 2.24) is 14.8 Å². The van der Waals surface area contributed by atoms with Crippen LogP contribution in [0.25, 0.3) is 0 Å². The quantitative estimate of drug-likeness (QED) is 0.795. The molecule has 2 aliphatic heterocycles. The molecule has 1 aliphatic carbocycles. The van der Waals surface area contributed by atoms with Gasteiger partial charge in [-0.2, -0.15) is 0 Å². The lowest BCUT2D eigenvalue weighted by molar-refractivity contribution is -0.136. The third kappa shape index (κ3) is 3.98. The molecular weight excluding hydrogens is 360 g/mol. The topological polar surface area (TPSA) is 56.8 Å². The SMILES string of the molecule is CCC(=O)N1CCN(c2nc3c(s2)CC(C(=O)N2CCCCC2)CC3)CC1. The van der Waals surface area contributed by atoms with Gasteiger partial charge in [0.05, 0.1) is 5.69 Å². The van der Waals surface area contributed by atoms with Gasteiger partial charge >= 0.3 is 0 Å². The molecule has 2 fully saturated rings. The Labute approximate surface area is 165 Å². The normalized spacial score (nSPS) is 23.3. The first-order valence-electron chi connectivity index (χ1n) is 10.5. The lowest BCUT2D eigenvalue weighted by Crippen LogP contribution is -2.48. The van der Waals surface area contributed by atoms with E-state index >= 15 is 0 Å². The number of piperazine rings is 1. The highest BCUT2D eigenvalue weighted by atomic mass is 32.1. The molecule has 0 aromatic carbocycles. The summed E-state index contributed by atoms with van der Waals surface area (Å²) in [7, 11) is 0. The maximum Gasteiger partial charge on any atom is 0.226 e. The molecule has 0 N–H and O–H groups in total. The maximum atomic E-state index is 12.9. The summed E-state index contributed by atoms with van der Waals surface area (Å²) in [4.78, 5) is 37.3. The summed E-state index contributed by atoms with van der Waals surface area (Å²) in [6.07, 6.45) is 6.86. The van der Waals surface area contributed by atoms with Gasteiger partial charge in [-0.05, 0) is 38.5 Å². The predicted octanol–water partition coefficient (Wildman–Crippen LogP) is 2.32. The molecule has 0 saturated carbocycles. The number of thiazole rings is 1. The number of piperidine rings is 1. The third-order valence-electron chi connectivity index (χ3n) is 6.15. The summed E-state index contributed by atoms with van der Waals surface area (Å²) in [5.74, 6) is 0.747. The standard InChI is InChI=1S/C20H30N4O2S/c1-2-18(25)22-10-12-24(13-11-22)20-21-16-7-6-15(14-17(16)27-20)19(26)23-8-4-3-5-9-23/h15H,2-14H2,1H3. The van der Waals surface area contributed by atoms with Gasteiger partial charge in [-0.1, -0.05) is 6.92 Å². The van der Waals surface area contributed by atoms with Crippen LogP contribution >= 0.6 is 11.3 Å². The Morgan fingerprint density at radius 1 is 1.04 bits per heavy atom. The summed E-state index contributed by atoms with van der Waals surface area (Å²) in [5, 5.41) is 1.08. The van der Waals surface area contributed by atoms with E-state index in [-0.39, 0.29) is 11.8 Å². The lowest BCUT2D eigenvalue weighted by Gasteiger charge is -2.34. The van der Waals surface area contributed by atoms with E-state index in [0.29, 0.717) is 12.3 Å². The number of hydrogen-bond acceptors (Lipinski definition) is 5. The zero-order chi connectivity index (χ0) is 18.8. The average Bonchev–Trinajstić information content (AvgIpc) is 3.16. The molecule has 4 rings (SSSR count). The first kappa shape index (κ1) is 18.7. The molecule has 2 saturated heterocycles. The second-order valence-electron chi connectivity index (χ2n) is 7.91. The van der Waals surface area contributed by atoms with E-state index in [1.165, 1.54) is 17.0 Å². The van der Waals surface area contributed by atoms with Crippen LogP contribution in [0.1, 0.15) is 49.6 Å². The maximum absolute atomic E-state index is 12.9. The minimum absolute atomic E-state index is 0.142. The largest absolute Gasteiger partial charge is 0.345 e. The molecule has 0 bridgehead atoms. The Morgan fingerprint density at radius 2 is 1.78 bits per heavy atom. The number of rotatable bonds is 3. The van der Waals surface area contributed by atoms with Gasteiger partial charge < -0.3 is 14.7 Å². The summed E-state index contributed by atoms with van der Waals surface area (Å²) >= 11 is 1.77. The van der Waals surface area contributed by atoms with Crippen LogP contribution in [0.4, 0.5) is 5.13 Å².